The minimum absolute atomic E-state index is 0.0206. The lowest BCUT2D eigenvalue weighted by atomic mass is 9.89. The van der Waals surface area contributed by atoms with Crippen LogP contribution in [-0.4, -0.2) is 37.3 Å². The first kappa shape index (κ1) is 20.9. The van der Waals surface area contributed by atoms with Gasteiger partial charge in [-0.3, -0.25) is 0 Å². The first-order chi connectivity index (χ1) is 12.4. The Labute approximate surface area is 148 Å². The maximum Gasteiger partial charge on any atom is 0.434 e. The van der Waals surface area contributed by atoms with Gasteiger partial charge in [-0.25, -0.2) is 4.39 Å². The highest BCUT2D eigenvalue weighted by Gasteiger charge is 2.76. The molecule has 0 radical (unpaired) electrons. The summed E-state index contributed by atoms with van der Waals surface area (Å²) in [4.78, 5) is 0. The Morgan fingerprint density at radius 3 is 1.74 bits per heavy atom. The van der Waals surface area contributed by atoms with Crippen LogP contribution in [-0.2, 0) is 9.47 Å². The summed E-state index contributed by atoms with van der Waals surface area (Å²) in [6, 6.07) is 6.90. The zero-order valence-corrected chi connectivity index (χ0v) is 13.4. The third-order valence-corrected chi connectivity index (χ3v) is 4.00. The number of alkyl halides is 7. The van der Waals surface area contributed by atoms with Gasteiger partial charge in [-0.05, 0) is 23.8 Å². The summed E-state index contributed by atoms with van der Waals surface area (Å²) in [5.74, 6) is 0. The number of hydrogen-bond acceptors (Lipinski definition) is 4. The SMILES string of the molecule is N#Cc1cc(C#N)cc(C2CC(C(F)(C(F)(F)F)C(F)(F)F)OCCO2)c1. The first-order valence-electron chi connectivity index (χ1n) is 7.44. The van der Waals surface area contributed by atoms with E-state index in [1.165, 1.54) is 6.07 Å². The molecule has 1 aliphatic rings. The van der Waals surface area contributed by atoms with E-state index in [0.717, 1.165) is 12.1 Å². The van der Waals surface area contributed by atoms with Crippen LogP contribution in [0.1, 0.15) is 29.2 Å². The van der Waals surface area contributed by atoms with Crippen molar-refractivity contribution in [1.29, 1.82) is 10.5 Å². The van der Waals surface area contributed by atoms with Gasteiger partial charge in [0.25, 0.3) is 0 Å². The van der Waals surface area contributed by atoms with Crippen molar-refractivity contribution in [2.45, 2.75) is 36.7 Å². The van der Waals surface area contributed by atoms with Gasteiger partial charge >= 0.3 is 18.0 Å². The summed E-state index contributed by atoms with van der Waals surface area (Å²) in [7, 11) is 0. The normalized spacial score (nSPS) is 21.8. The smallest absolute Gasteiger partial charge is 0.372 e. The molecule has 0 amide bonds. The van der Waals surface area contributed by atoms with Crippen molar-refractivity contribution in [3.8, 4) is 12.1 Å². The molecule has 4 nitrogen and oxygen atoms in total. The quantitative estimate of drug-likeness (QED) is 0.706. The first-order valence-corrected chi connectivity index (χ1v) is 7.44. The number of nitriles is 2. The fraction of sp³-hybridized carbons (Fsp3) is 0.500. The lowest BCUT2D eigenvalue weighted by Gasteiger charge is -2.36. The number of nitrogens with zero attached hydrogens (tertiary/aromatic N) is 2. The van der Waals surface area contributed by atoms with Crippen LogP contribution >= 0.6 is 0 Å². The Bertz CT molecular complexity index is 731. The molecule has 2 rings (SSSR count). The van der Waals surface area contributed by atoms with Crippen LogP contribution in [0.3, 0.4) is 0 Å². The molecule has 0 aliphatic carbocycles. The molecule has 1 aliphatic heterocycles. The Kier molecular flexibility index (Phi) is 5.68. The summed E-state index contributed by atoms with van der Waals surface area (Å²) >= 11 is 0. The van der Waals surface area contributed by atoms with Crippen molar-refractivity contribution in [3.05, 3.63) is 34.9 Å². The molecule has 1 saturated heterocycles. The predicted octanol–water partition coefficient (Wildman–Crippen LogP) is 4.11. The van der Waals surface area contributed by atoms with Gasteiger partial charge in [0.05, 0.1) is 42.6 Å². The van der Waals surface area contributed by atoms with Crippen molar-refractivity contribution >= 4 is 0 Å². The van der Waals surface area contributed by atoms with Gasteiger partial charge in [0, 0.05) is 6.42 Å². The molecule has 11 heteroatoms. The van der Waals surface area contributed by atoms with Crippen molar-refractivity contribution < 1.29 is 40.2 Å². The fourth-order valence-corrected chi connectivity index (χ4v) is 2.71. The maximum atomic E-state index is 14.3. The van der Waals surface area contributed by atoms with Crippen LogP contribution in [0, 0.1) is 22.7 Å². The van der Waals surface area contributed by atoms with E-state index in [-0.39, 0.29) is 16.7 Å². The number of rotatable bonds is 2. The van der Waals surface area contributed by atoms with Gasteiger partial charge in [0.1, 0.15) is 6.10 Å². The van der Waals surface area contributed by atoms with E-state index in [1.54, 1.807) is 12.1 Å². The average Bonchev–Trinajstić information content (AvgIpc) is 2.84. The van der Waals surface area contributed by atoms with Gasteiger partial charge in [-0.15, -0.1) is 0 Å². The molecule has 1 fully saturated rings. The molecule has 2 atom stereocenters. The molecular weight excluding hydrogens is 385 g/mol. The van der Waals surface area contributed by atoms with Crippen LogP contribution in [0.25, 0.3) is 0 Å². The van der Waals surface area contributed by atoms with E-state index < -0.39 is 49.9 Å². The third kappa shape index (κ3) is 3.99. The van der Waals surface area contributed by atoms with E-state index in [2.05, 4.69) is 4.74 Å². The fourth-order valence-electron chi connectivity index (χ4n) is 2.71. The Hall–Kier alpha value is -2.37. The topological polar surface area (TPSA) is 66.0 Å². The predicted molar refractivity (Wildman–Crippen MR) is 74.9 cm³/mol. The molecule has 27 heavy (non-hydrogen) atoms. The number of ether oxygens (including phenoxy) is 2. The minimum atomic E-state index is -6.27. The van der Waals surface area contributed by atoms with Gasteiger partial charge in [-0.2, -0.15) is 36.9 Å². The highest BCUT2D eigenvalue weighted by Crippen LogP contribution is 2.51. The molecule has 2 unspecified atom stereocenters. The average molecular weight is 396 g/mol. The van der Waals surface area contributed by atoms with Crippen LogP contribution in [0.5, 0.6) is 0 Å². The van der Waals surface area contributed by atoms with Crippen molar-refractivity contribution in [2.75, 3.05) is 13.2 Å². The Morgan fingerprint density at radius 2 is 1.30 bits per heavy atom. The van der Waals surface area contributed by atoms with Gasteiger partial charge in [0.2, 0.25) is 0 Å². The van der Waals surface area contributed by atoms with Crippen molar-refractivity contribution in [2.24, 2.45) is 0 Å². The van der Waals surface area contributed by atoms with Gasteiger partial charge < -0.3 is 9.47 Å². The molecule has 0 bridgehead atoms. The van der Waals surface area contributed by atoms with Crippen LogP contribution in [0.4, 0.5) is 30.7 Å². The zero-order valence-electron chi connectivity index (χ0n) is 13.4. The summed E-state index contributed by atoms with van der Waals surface area (Å²) in [6.45, 7) is -1.09. The monoisotopic (exact) mass is 396 g/mol. The van der Waals surface area contributed by atoms with Crippen LogP contribution < -0.4 is 0 Å². The summed E-state index contributed by atoms with van der Waals surface area (Å²) < 4.78 is 102. The second kappa shape index (κ2) is 7.33. The van der Waals surface area contributed by atoms with Gasteiger partial charge in [-0.1, -0.05) is 0 Å². The Morgan fingerprint density at radius 1 is 0.815 bits per heavy atom. The molecule has 0 spiro atoms. The standard InChI is InChI=1S/C16H11F7N2O2/c17-14(15(18,19)20,16(21,22)23)13-6-12(26-1-2-27-13)11-4-9(7-24)3-10(5-11)8-25/h3-5,12-13H,1-2,6H2. The number of halogens is 7. The molecule has 1 aromatic rings. The second-order valence-electron chi connectivity index (χ2n) is 5.73. The molecular formula is C16H11F7N2O2. The van der Waals surface area contributed by atoms with E-state index in [0.29, 0.717) is 0 Å². The van der Waals surface area contributed by atoms with Gasteiger partial charge in [0.15, 0.2) is 0 Å². The van der Waals surface area contributed by atoms with E-state index in [9.17, 15) is 30.7 Å². The zero-order chi connectivity index (χ0) is 20.5. The van der Waals surface area contributed by atoms with Crippen molar-refractivity contribution in [3.63, 3.8) is 0 Å². The molecule has 146 valence electrons. The Balaban J connectivity index is 2.47. The van der Waals surface area contributed by atoms with E-state index >= 15 is 0 Å². The highest BCUT2D eigenvalue weighted by atomic mass is 19.4. The minimum Gasteiger partial charge on any atom is -0.372 e. The molecule has 1 heterocycles. The van der Waals surface area contributed by atoms with E-state index in [4.69, 9.17) is 15.3 Å². The lowest BCUT2D eigenvalue weighted by molar-refractivity contribution is -0.368. The lowest BCUT2D eigenvalue weighted by Crippen LogP contribution is -2.61. The number of hydrogen-bond donors (Lipinski definition) is 0. The second-order valence-corrected chi connectivity index (χ2v) is 5.73. The summed E-state index contributed by atoms with van der Waals surface area (Å²) in [5.41, 5.74) is -5.72. The van der Waals surface area contributed by atoms with Crippen LogP contribution in [0.15, 0.2) is 18.2 Å². The van der Waals surface area contributed by atoms with E-state index in [1.807, 2.05) is 0 Å². The van der Waals surface area contributed by atoms with Crippen LogP contribution in [0.2, 0.25) is 0 Å². The number of benzene rings is 1. The summed E-state index contributed by atoms with van der Waals surface area (Å²) in [6.07, 6.45) is -18.0. The molecule has 0 N–H and O–H groups in total. The molecule has 0 saturated carbocycles. The maximum absolute atomic E-state index is 14.3. The highest BCUT2D eigenvalue weighted by molar-refractivity contribution is 5.43. The molecule has 1 aromatic carbocycles. The summed E-state index contributed by atoms with van der Waals surface area (Å²) in [5, 5.41) is 17.9. The largest absolute Gasteiger partial charge is 0.434 e. The van der Waals surface area contributed by atoms with Crippen molar-refractivity contribution in [1.82, 2.24) is 0 Å². The molecule has 0 aromatic heterocycles. The third-order valence-electron chi connectivity index (χ3n) is 4.00.